The summed E-state index contributed by atoms with van der Waals surface area (Å²) < 4.78 is 5.15. The van der Waals surface area contributed by atoms with Crippen molar-refractivity contribution in [2.24, 2.45) is 0 Å². The van der Waals surface area contributed by atoms with Crippen molar-refractivity contribution in [3.8, 4) is 0 Å². The Morgan fingerprint density at radius 3 is 2.39 bits per heavy atom. The highest BCUT2D eigenvalue weighted by Gasteiger charge is 2.37. The van der Waals surface area contributed by atoms with Crippen LogP contribution in [-0.4, -0.2) is 17.1 Å². The number of rotatable bonds is 3. The summed E-state index contributed by atoms with van der Waals surface area (Å²) in [6.45, 7) is 11.3. The largest absolute Gasteiger partial charge is 0.472 e. The summed E-state index contributed by atoms with van der Waals surface area (Å²) in [5.41, 5.74) is 1.61. The minimum atomic E-state index is 0.190. The Hall–Kier alpha value is -0.800. The van der Waals surface area contributed by atoms with Crippen LogP contribution in [0.1, 0.15) is 59.1 Å². The van der Waals surface area contributed by atoms with Gasteiger partial charge >= 0.3 is 0 Å². The van der Waals surface area contributed by atoms with Crippen LogP contribution >= 0.6 is 0 Å². The summed E-state index contributed by atoms with van der Waals surface area (Å²) in [6, 6.07) is 2.93. The first kappa shape index (κ1) is 13.6. The molecule has 1 fully saturated rings. The number of hydrogen-bond acceptors (Lipinski definition) is 3. The van der Waals surface area contributed by atoms with E-state index in [0.29, 0.717) is 12.1 Å². The molecule has 1 aromatic heterocycles. The lowest BCUT2D eigenvalue weighted by molar-refractivity contribution is 0.141. The van der Waals surface area contributed by atoms with Gasteiger partial charge in [-0.05, 0) is 53.5 Å². The SMILES string of the molecule is CC(NC1CC(C)(C)NC(C)(C)C1)c1ccoc1. The van der Waals surface area contributed by atoms with Crippen LogP contribution in [0.5, 0.6) is 0 Å². The van der Waals surface area contributed by atoms with Crippen molar-refractivity contribution in [2.45, 2.75) is 70.6 Å². The average Bonchev–Trinajstić information content (AvgIpc) is 2.63. The van der Waals surface area contributed by atoms with Crippen LogP contribution in [0.3, 0.4) is 0 Å². The molecule has 1 aliphatic rings. The molecule has 0 aromatic carbocycles. The van der Waals surface area contributed by atoms with Crippen LogP contribution in [-0.2, 0) is 0 Å². The zero-order valence-electron chi connectivity index (χ0n) is 12.2. The van der Waals surface area contributed by atoms with Gasteiger partial charge in [0.25, 0.3) is 0 Å². The van der Waals surface area contributed by atoms with E-state index in [1.54, 1.807) is 6.26 Å². The molecule has 1 aliphatic heterocycles. The van der Waals surface area contributed by atoms with Crippen molar-refractivity contribution in [1.29, 1.82) is 0 Å². The molecule has 1 saturated heterocycles. The Labute approximate surface area is 110 Å². The van der Waals surface area contributed by atoms with Gasteiger partial charge in [0.2, 0.25) is 0 Å². The van der Waals surface area contributed by atoms with Gasteiger partial charge in [-0.1, -0.05) is 0 Å². The number of hydrogen-bond donors (Lipinski definition) is 2. The van der Waals surface area contributed by atoms with Gasteiger partial charge in [0.1, 0.15) is 0 Å². The first-order valence-corrected chi connectivity index (χ1v) is 6.85. The molecule has 0 radical (unpaired) electrons. The fourth-order valence-corrected chi connectivity index (χ4v) is 3.41. The number of piperidine rings is 1. The predicted octanol–water partition coefficient (Wildman–Crippen LogP) is 3.24. The standard InChI is InChI=1S/C15H26N2O/c1-11(12-6-7-18-10-12)16-13-8-14(2,3)17-15(4,5)9-13/h6-7,10-11,13,16-17H,8-9H2,1-5H3. The minimum absolute atomic E-state index is 0.190. The second kappa shape index (κ2) is 4.71. The second-order valence-electron chi connectivity index (χ2n) is 6.94. The topological polar surface area (TPSA) is 37.2 Å². The molecule has 0 amide bonds. The molecule has 1 unspecified atom stereocenters. The Bertz CT molecular complexity index is 365. The van der Waals surface area contributed by atoms with Gasteiger partial charge in [-0.2, -0.15) is 0 Å². The monoisotopic (exact) mass is 250 g/mol. The van der Waals surface area contributed by atoms with Crippen molar-refractivity contribution in [3.63, 3.8) is 0 Å². The second-order valence-corrected chi connectivity index (χ2v) is 6.94. The van der Waals surface area contributed by atoms with Gasteiger partial charge in [-0.25, -0.2) is 0 Å². The molecule has 0 aliphatic carbocycles. The molecule has 3 heteroatoms. The molecule has 3 nitrogen and oxygen atoms in total. The average molecular weight is 250 g/mol. The Morgan fingerprint density at radius 2 is 1.89 bits per heavy atom. The first-order chi connectivity index (χ1) is 8.27. The van der Waals surface area contributed by atoms with Gasteiger partial charge < -0.3 is 15.1 Å². The van der Waals surface area contributed by atoms with Crippen molar-refractivity contribution < 1.29 is 4.42 Å². The van der Waals surface area contributed by atoms with Gasteiger partial charge in [0.15, 0.2) is 0 Å². The van der Waals surface area contributed by atoms with Crippen LogP contribution in [0.15, 0.2) is 23.0 Å². The summed E-state index contributed by atoms with van der Waals surface area (Å²) in [7, 11) is 0. The smallest absolute Gasteiger partial charge is 0.0950 e. The molecule has 0 spiro atoms. The van der Waals surface area contributed by atoms with E-state index in [1.807, 2.05) is 12.3 Å². The normalized spacial score (nSPS) is 24.9. The molecule has 1 aromatic rings. The Morgan fingerprint density at radius 1 is 1.28 bits per heavy atom. The zero-order valence-corrected chi connectivity index (χ0v) is 12.2. The van der Waals surface area contributed by atoms with Gasteiger partial charge in [0.05, 0.1) is 12.5 Å². The van der Waals surface area contributed by atoms with Gasteiger partial charge in [-0.3, -0.25) is 0 Å². The molecule has 0 saturated carbocycles. The van der Waals surface area contributed by atoms with E-state index in [2.05, 4.69) is 45.3 Å². The quantitative estimate of drug-likeness (QED) is 0.864. The lowest BCUT2D eigenvalue weighted by atomic mass is 9.79. The maximum absolute atomic E-state index is 5.15. The molecule has 2 rings (SSSR count). The molecule has 2 heterocycles. The van der Waals surface area contributed by atoms with Crippen LogP contribution in [0.2, 0.25) is 0 Å². The third kappa shape index (κ3) is 3.36. The Balaban J connectivity index is 2.01. The minimum Gasteiger partial charge on any atom is -0.472 e. The molecular formula is C15H26N2O. The van der Waals surface area contributed by atoms with Gasteiger partial charge in [-0.15, -0.1) is 0 Å². The maximum atomic E-state index is 5.15. The lowest BCUT2D eigenvalue weighted by Crippen LogP contribution is -2.61. The van der Waals surface area contributed by atoms with E-state index in [0.717, 1.165) is 12.8 Å². The first-order valence-electron chi connectivity index (χ1n) is 6.85. The van der Waals surface area contributed by atoms with E-state index < -0.39 is 0 Å². The van der Waals surface area contributed by atoms with Crippen molar-refractivity contribution in [1.82, 2.24) is 10.6 Å². The van der Waals surface area contributed by atoms with E-state index in [4.69, 9.17) is 4.42 Å². The highest BCUT2D eigenvalue weighted by Crippen LogP contribution is 2.30. The van der Waals surface area contributed by atoms with Crippen LogP contribution in [0.25, 0.3) is 0 Å². The Kier molecular flexibility index (Phi) is 3.56. The highest BCUT2D eigenvalue weighted by molar-refractivity contribution is 5.11. The van der Waals surface area contributed by atoms with Crippen LogP contribution in [0, 0.1) is 0 Å². The summed E-state index contributed by atoms with van der Waals surface area (Å²) >= 11 is 0. The van der Waals surface area contributed by atoms with Crippen molar-refractivity contribution >= 4 is 0 Å². The van der Waals surface area contributed by atoms with E-state index in [9.17, 15) is 0 Å². The summed E-state index contributed by atoms with van der Waals surface area (Å²) in [4.78, 5) is 0. The molecule has 1 atom stereocenters. The summed E-state index contributed by atoms with van der Waals surface area (Å²) in [5.74, 6) is 0. The molecule has 102 valence electrons. The molecule has 0 bridgehead atoms. The fourth-order valence-electron chi connectivity index (χ4n) is 3.41. The maximum Gasteiger partial charge on any atom is 0.0950 e. The van der Waals surface area contributed by atoms with Crippen LogP contribution < -0.4 is 10.6 Å². The van der Waals surface area contributed by atoms with Crippen LogP contribution in [0.4, 0.5) is 0 Å². The molecule has 2 N–H and O–H groups in total. The van der Waals surface area contributed by atoms with Gasteiger partial charge in [0, 0.05) is 28.7 Å². The lowest BCUT2D eigenvalue weighted by Gasteiger charge is -2.47. The summed E-state index contributed by atoms with van der Waals surface area (Å²) in [5, 5.41) is 7.44. The number of furan rings is 1. The summed E-state index contributed by atoms with van der Waals surface area (Å²) in [6.07, 6.45) is 5.87. The highest BCUT2D eigenvalue weighted by atomic mass is 16.3. The molecular weight excluding hydrogens is 224 g/mol. The zero-order chi connectivity index (χ0) is 13.4. The van der Waals surface area contributed by atoms with Crippen molar-refractivity contribution in [3.05, 3.63) is 24.2 Å². The predicted molar refractivity (Wildman–Crippen MR) is 74.6 cm³/mol. The molecule has 18 heavy (non-hydrogen) atoms. The van der Waals surface area contributed by atoms with E-state index >= 15 is 0 Å². The van der Waals surface area contributed by atoms with Crippen molar-refractivity contribution in [2.75, 3.05) is 0 Å². The van der Waals surface area contributed by atoms with E-state index in [1.165, 1.54) is 5.56 Å². The third-order valence-electron chi connectivity index (χ3n) is 3.72. The number of nitrogens with one attached hydrogen (secondary N) is 2. The van der Waals surface area contributed by atoms with E-state index in [-0.39, 0.29) is 11.1 Å². The fraction of sp³-hybridized carbons (Fsp3) is 0.733. The third-order valence-corrected chi connectivity index (χ3v) is 3.72.